The first-order chi connectivity index (χ1) is 12.5. The highest BCUT2D eigenvalue weighted by Gasteiger charge is 2.71. The van der Waals surface area contributed by atoms with Gasteiger partial charge < -0.3 is 14.4 Å². The Morgan fingerprint density at radius 3 is 2.69 bits per heavy atom. The van der Waals surface area contributed by atoms with Crippen molar-refractivity contribution in [2.75, 3.05) is 13.1 Å². The van der Waals surface area contributed by atoms with Crippen molar-refractivity contribution in [3.8, 4) is 5.75 Å². The van der Waals surface area contributed by atoms with Crippen molar-refractivity contribution in [3.63, 3.8) is 0 Å². The molecule has 6 unspecified atom stereocenters. The zero-order valence-electron chi connectivity index (χ0n) is 15.3. The Kier molecular flexibility index (Phi) is 3.48. The van der Waals surface area contributed by atoms with E-state index >= 15 is 0 Å². The van der Waals surface area contributed by atoms with Crippen molar-refractivity contribution in [2.24, 2.45) is 17.8 Å². The molecule has 26 heavy (non-hydrogen) atoms. The topological polar surface area (TPSA) is 55.8 Å². The second-order valence-electron chi connectivity index (χ2n) is 8.52. The zero-order valence-corrected chi connectivity index (χ0v) is 15.3. The fraction of sp³-hybridized carbons (Fsp3) is 0.619. The van der Waals surface area contributed by atoms with E-state index in [2.05, 4.69) is 0 Å². The standard InChI is InChI=1S/C21H25NO4/c1-12-10-22(11-13(2)25-12)20(24)18-15-7-8-21(19(15)18)9-16(23)14-5-3-4-6-17(14)26-21/h3-6,12-13,15,18-19H,7-11H2,1-2H3. The Morgan fingerprint density at radius 2 is 1.92 bits per heavy atom. The Bertz CT molecular complexity index is 767. The molecule has 1 aromatic rings. The number of fused-ring (bicyclic) bond motifs is 3. The lowest BCUT2D eigenvalue weighted by molar-refractivity contribution is -0.146. The first-order valence-corrected chi connectivity index (χ1v) is 9.74. The number of carbonyl (C=O) groups excluding carboxylic acids is 2. The first kappa shape index (κ1) is 16.3. The molecule has 138 valence electrons. The number of amides is 1. The zero-order chi connectivity index (χ0) is 18.1. The summed E-state index contributed by atoms with van der Waals surface area (Å²) in [4.78, 5) is 27.8. The molecule has 2 saturated carbocycles. The van der Waals surface area contributed by atoms with E-state index in [4.69, 9.17) is 9.47 Å². The Morgan fingerprint density at radius 1 is 1.19 bits per heavy atom. The third-order valence-corrected chi connectivity index (χ3v) is 6.65. The summed E-state index contributed by atoms with van der Waals surface area (Å²) in [5.41, 5.74) is 0.209. The minimum absolute atomic E-state index is 0.0133. The molecular formula is C21H25NO4. The summed E-state index contributed by atoms with van der Waals surface area (Å²) in [5.74, 6) is 1.64. The van der Waals surface area contributed by atoms with E-state index < -0.39 is 5.60 Å². The van der Waals surface area contributed by atoms with Gasteiger partial charge in [0.25, 0.3) is 0 Å². The molecule has 2 aliphatic heterocycles. The van der Waals surface area contributed by atoms with E-state index in [1.54, 1.807) is 0 Å². The number of para-hydroxylation sites is 1. The average molecular weight is 355 g/mol. The number of hydrogen-bond acceptors (Lipinski definition) is 4. The first-order valence-electron chi connectivity index (χ1n) is 9.74. The van der Waals surface area contributed by atoms with Crippen LogP contribution >= 0.6 is 0 Å². The van der Waals surface area contributed by atoms with Crippen molar-refractivity contribution in [2.45, 2.75) is 50.9 Å². The maximum atomic E-state index is 13.1. The molecule has 0 bridgehead atoms. The van der Waals surface area contributed by atoms with Crippen LogP contribution in [-0.2, 0) is 9.53 Å². The molecule has 1 amide bonds. The van der Waals surface area contributed by atoms with Crippen molar-refractivity contribution in [1.82, 2.24) is 4.90 Å². The van der Waals surface area contributed by atoms with Crippen LogP contribution in [-0.4, -0.2) is 47.5 Å². The van der Waals surface area contributed by atoms with Crippen molar-refractivity contribution in [3.05, 3.63) is 29.8 Å². The van der Waals surface area contributed by atoms with Gasteiger partial charge in [0.1, 0.15) is 11.4 Å². The number of carbonyl (C=O) groups is 2. The van der Waals surface area contributed by atoms with Crippen LogP contribution in [0, 0.1) is 17.8 Å². The second-order valence-corrected chi connectivity index (χ2v) is 8.52. The number of rotatable bonds is 1. The summed E-state index contributed by atoms with van der Waals surface area (Å²) in [7, 11) is 0. The van der Waals surface area contributed by atoms with Crippen molar-refractivity contribution < 1.29 is 19.1 Å². The van der Waals surface area contributed by atoms with E-state index in [-0.39, 0.29) is 35.7 Å². The molecule has 1 spiro atoms. The highest BCUT2D eigenvalue weighted by atomic mass is 16.5. The predicted molar refractivity (Wildman–Crippen MR) is 95.0 cm³/mol. The third kappa shape index (κ3) is 2.33. The SMILES string of the molecule is CC1CN(C(=O)C2C3CCC4(CC(=O)c5ccccc5O4)C32)CC(C)O1. The summed E-state index contributed by atoms with van der Waals surface area (Å²) in [5, 5.41) is 0. The van der Waals surface area contributed by atoms with Crippen LogP contribution in [0.15, 0.2) is 24.3 Å². The molecule has 5 heteroatoms. The van der Waals surface area contributed by atoms with Gasteiger partial charge in [-0.25, -0.2) is 0 Å². The summed E-state index contributed by atoms with van der Waals surface area (Å²) in [6, 6.07) is 7.50. The number of ketones is 1. The van der Waals surface area contributed by atoms with Gasteiger partial charge in [-0.2, -0.15) is 0 Å². The van der Waals surface area contributed by atoms with E-state index in [9.17, 15) is 9.59 Å². The molecule has 5 nitrogen and oxygen atoms in total. The molecule has 5 rings (SSSR count). The molecule has 0 radical (unpaired) electrons. The summed E-state index contributed by atoms with van der Waals surface area (Å²) in [6.07, 6.45) is 2.42. The fourth-order valence-corrected chi connectivity index (χ4v) is 5.67. The second kappa shape index (κ2) is 5.56. The Labute approximate surface area is 153 Å². The highest BCUT2D eigenvalue weighted by Crippen LogP contribution is 2.66. The van der Waals surface area contributed by atoms with Crippen molar-refractivity contribution >= 4 is 11.7 Å². The minimum atomic E-state index is -0.472. The predicted octanol–water partition coefficient (Wildman–Crippen LogP) is 2.68. The van der Waals surface area contributed by atoms with Crippen LogP contribution < -0.4 is 4.74 Å². The van der Waals surface area contributed by atoms with E-state index in [1.807, 2.05) is 43.0 Å². The molecule has 6 atom stereocenters. The maximum absolute atomic E-state index is 13.1. The lowest BCUT2D eigenvalue weighted by Crippen LogP contribution is -2.50. The summed E-state index contributed by atoms with van der Waals surface area (Å²) >= 11 is 0. The van der Waals surface area contributed by atoms with E-state index in [0.717, 1.165) is 12.8 Å². The number of morpholine rings is 1. The molecule has 3 fully saturated rings. The van der Waals surface area contributed by atoms with Crippen molar-refractivity contribution in [1.29, 1.82) is 0 Å². The summed E-state index contributed by atoms with van der Waals surface area (Å²) in [6.45, 7) is 5.36. The quantitative estimate of drug-likeness (QED) is 0.777. The smallest absolute Gasteiger partial charge is 0.226 e. The number of hydrogen-bond donors (Lipinski definition) is 0. The van der Waals surface area contributed by atoms with Gasteiger partial charge in [0, 0.05) is 24.9 Å². The average Bonchev–Trinajstić information content (AvgIpc) is 3.24. The van der Waals surface area contributed by atoms with Gasteiger partial charge in [-0.3, -0.25) is 9.59 Å². The molecule has 2 aliphatic carbocycles. The lowest BCUT2D eigenvalue weighted by atomic mass is 9.84. The van der Waals surface area contributed by atoms with E-state index in [0.29, 0.717) is 36.7 Å². The van der Waals surface area contributed by atoms with Crippen LogP contribution in [0.5, 0.6) is 5.75 Å². The highest BCUT2D eigenvalue weighted by molar-refractivity contribution is 6.00. The van der Waals surface area contributed by atoms with Gasteiger partial charge >= 0.3 is 0 Å². The normalized spacial score (nSPS) is 40.8. The molecular weight excluding hydrogens is 330 g/mol. The molecule has 4 aliphatic rings. The Hall–Kier alpha value is -1.88. The molecule has 2 heterocycles. The minimum Gasteiger partial charge on any atom is -0.486 e. The third-order valence-electron chi connectivity index (χ3n) is 6.65. The number of Topliss-reactive ketones (excluding diaryl/α,β-unsaturated/α-hetero) is 1. The Balaban J connectivity index is 1.37. The van der Waals surface area contributed by atoms with E-state index in [1.165, 1.54) is 0 Å². The molecule has 1 aromatic carbocycles. The molecule has 0 aromatic heterocycles. The van der Waals surface area contributed by atoms with Crippen LogP contribution in [0.25, 0.3) is 0 Å². The van der Waals surface area contributed by atoms with Gasteiger partial charge in [0.05, 0.1) is 24.2 Å². The maximum Gasteiger partial charge on any atom is 0.226 e. The van der Waals surface area contributed by atoms with Gasteiger partial charge in [-0.1, -0.05) is 12.1 Å². The molecule has 0 N–H and O–H groups in total. The van der Waals surface area contributed by atoms with Crippen LogP contribution in [0.2, 0.25) is 0 Å². The van der Waals surface area contributed by atoms with Gasteiger partial charge in [-0.15, -0.1) is 0 Å². The number of nitrogens with zero attached hydrogens (tertiary/aromatic N) is 1. The van der Waals surface area contributed by atoms with Crippen LogP contribution in [0.4, 0.5) is 0 Å². The van der Waals surface area contributed by atoms with Gasteiger partial charge in [0.2, 0.25) is 5.91 Å². The number of ether oxygens (including phenoxy) is 2. The fourth-order valence-electron chi connectivity index (χ4n) is 5.67. The summed E-state index contributed by atoms with van der Waals surface area (Å²) < 4.78 is 12.2. The largest absolute Gasteiger partial charge is 0.486 e. The van der Waals surface area contributed by atoms with Crippen LogP contribution in [0.1, 0.15) is 43.5 Å². The van der Waals surface area contributed by atoms with Gasteiger partial charge in [0.15, 0.2) is 5.78 Å². The monoisotopic (exact) mass is 355 g/mol. The van der Waals surface area contributed by atoms with Gasteiger partial charge in [-0.05, 0) is 44.7 Å². The number of benzene rings is 1. The van der Waals surface area contributed by atoms with Crippen LogP contribution in [0.3, 0.4) is 0 Å². The lowest BCUT2D eigenvalue weighted by Gasteiger charge is -2.38. The molecule has 1 saturated heterocycles.